The smallest absolute Gasteiger partial charge is 0.278 e. The van der Waals surface area contributed by atoms with Gasteiger partial charge in [0.15, 0.2) is 11.5 Å². The van der Waals surface area contributed by atoms with E-state index in [2.05, 4.69) is 17.1 Å². The molecule has 1 fully saturated rings. The Hall–Kier alpha value is -1.28. The molecule has 1 N–H and O–H groups in total. The van der Waals surface area contributed by atoms with Gasteiger partial charge >= 0.3 is 0 Å². The molecule has 0 bridgehead atoms. The summed E-state index contributed by atoms with van der Waals surface area (Å²) in [4.78, 5) is 13.5. The predicted octanol–water partition coefficient (Wildman–Crippen LogP) is 2.91. The van der Waals surface area contributed by atoms with Gasteiger partial charge in [0.25, 0.3) is 5.69 Å². The summed E-state index contributed by atoms with van der Waals surface area (Å²) in [7, 11) is 0. The first-order valence-electron chi connectivity index (χ1n) is 7.73. The van der Waals surface area contributed by atoms with Gasteiger partial charge < -0.3 is 14.8 Å². The molecule has 1 atom stereocenters. The van der Waals surface area contributed by atoms with Crippen molar-refractivity contribution in [3.63, 3.8) is 0 Å². The highest BCUT2D eigenvalue weighted by molar-refractivity contribution is 5.85. The molecule has 0 radical (unpaired) electrons. The van der Waals surface area contributed by atoms with E-state index in [0.29, 0.717) is 11.5 Å². The Morgan fingerprint density at radius 2 is 1.88 bits per heavy atom. The lowest BCUT2D eigenvalue weighted by atomic mass is 9.97. The zero-order chi connectivity index (χ0) is 15.5. The molecular weight excluding hydrogens is 357 g/mol. The Morgan fingerprint density at radius 1 is 1.25 bits per heavy atom. The molecule has 2 aliphatic rings. The number of benzene rings is 1. The highest BCUT2D eigenvalue weighted by Crippen LogP contribution is 2.42. The summed E-state index contributed by atoms with van der Waals surface area (Å²) >= 11 is 0. The summed E-state index contributed by atoms with van der Waals surface area (Å²) in [5.74, 6) is 1.07. The van der Waals surface area contributed by atoms with E-state index in [-0.39, 0.29) is 48.3 Å². The van der Waals surface area contributed by atoms with Crippen LogP contribution in [-0.2, 0) is 0 Å². The minimum absolute atomic E-state index is 0. The number of nitrogens with one attached hydrogen (secondary N) is 1. The van der Waals surface area contributed by atoms with E-state index < -0.39 is 0 Å². The van der Waals surface area contributed by atoms with Crippen molar-refractivity contribution < 1.29 is 14.4 Å². The van der Waals surface area contributed by atoms with Gasteiger partial charge in [-0.3, -0.25) is 15.0 Å². The molecule has 0 aromatic heterocycles. The molecule has 1 aromatic rings. The fraction of sp³-hybridized carbons (Fsp3) is 0.600. The summed E-state index contributed by atoms with van der Waals surface area (Å²) in [6, 6.07) is 3.34. The highest BCUT2D eigenvalue weighted by Gasteiger charge is 2.31. The van der Waals surface area contributed by atoms with Crippen molar-refractivity contribution in [1.82, 2.24) is 10.2 Å². The van der Waals surface area contributed by atoms with Crippen molar-refractivity contribution in [3.8, 4) is 11.5 Å². The number of rotatable bonds is 5. The molecule has 0 aliphatic carbocycles. The van der Waals surface area contributed by atoms with Crippen LogP contribution < -0.4 is 14.8 Å². The SMILES string of the molecule is CCC[C@@H](c1cc2c(cc1[N+](=O)[O-])OCO2)N1CCNCC1.Cl.Cl. The Morgan fingerprint density at radius 3 is 2.46 bits per heavy atom. The molecule has 2 heterocycles. The topological polar surface area (TPSA) is 76.9 Å². The van der Waals surface area contributed by atoms with E-state index in [4.69, 9.17) is 9.47 Å². The summed E-state index contributed by atoms with van der Waals surface area (Å²) in [6.45, 7) is 5.86. The van der Waals surface area contributed by atoms with Crippen molar-refractivity contribution in [1.29, 1.82) is 0 Å². The van der Waals surface area contributed by atoms with E-state index in [0.717, 1.165) is 44.6 Å². The number of nitro groups is 1. The van der Waals surface area contributed by atoms with Crippen LogP contribution in [0, 0.1) is 10.1 Å². The van der Waals surface area contributed by atoms with Crippen LogP contribution in [0.25, 0.3) is 0 Å². The highest BCUT2D eigenvalue weighted by atomic mass is 35.5. The summed E-state index contributed by atoms with van der Waals surface area (Å²) in [6.07, 6.45) is 1.86. The van der Waals surface area contributed by atoms with E-state index in [9.17, 15) is 10.1 Å². The molecule has 0 unspecified atom stereocenters. The lowest BCUT2D eigenvalue weighted by molar-refractivity contribution is -0.386. The van der Waals surface area contributed by atoms with Crippen molar-refractivity contribution >= 4 is 30.5 Å². The average Bonchev–Trinajstić information content (AvgIpc) is 2.99. The number of fused-ring (bicyclic) bond motifs is 1. The van der Waals surface area contributed by atoms with Crippen molar-refractivity contribution in [2.45, 2.75) is 25.8 Å². The summed E-state index contributed by atoms with van der Waals surface area (Å²) in [5.41, 5.74) is 0.860. The first-order valence-corrected chi connectivity index (χ1v) is 7.73. The minimum atomic E-state index is -0.317. The second kappa shape index (κ2) is 9.27. The second-order valence-corrected chi connectivity index (χ2v) is 5.61. The lowest BCUT2D eigenvalue weighted by Crippen LogP contribution is -2.45. The normalized spacial score (nSPS) is 17.5. The number of ether oxygens (including phenoxy) is 2. The van der Waals surface area contributed by atoms with Crippen LogP contribution in [0.1, 0.15) is 31.4 Å². The minimum Gasteiger partial charge on any atom is -0.454 e. The average molecular weight is 380 g/mol. The maximum absolute atomic E-state index is 11.5. The number of nitrogens with zero attached hydrogens (tertiary/aromatic N) is 2. The third kappa shape index (κ3) is 4.22. The van der Waals surface area contributed by atoms with Crippen LogP contribution in [0.2, 0.25) is 0 Å². The molecule has 2 aliphatic heterocycles. The Kier molecular flexibility index (Phi) is 8.02. The van der Waals surface area contributed by atoms with E-state index in [1.54, 1.807) is 6.07 Å². The first kappa shape index (κ1) is 20.8. The zero-order valence-corrected chi connectivity index (χ0v) is 15.2. The van der Waals surface area contributed by atoms with Crippen LogP contribution in [0.15, 0.2) is 12.1 Å². The molecule has 9 heteroatoms. The standard InChI is InChI=1S/C15H21N3O4.2ClH/c1-2-3-12(17-6-4-16-5-7-17)11-8-14-15(22-10-21-14)9-13(11)18(19)20;;/h8-9,12,16H,2-7,10H2,1H3;2*1H/t12-;;/m0../s1. The fourth-order valence-electron chi connectivity index (χ4n) is 3.17. The van der Waals surface area contributed by atoms with E-state index in [1.807, 2.05) is 0 Å². The first-order chi connectivity index (χ1) is 10.7. The van der Waals surface area contributed by atoms with Gasteiger partial charge in [-0.2, -0.15) is 0 Å². The van der Waals surface area contributed by atoms with Crippen LogP contribution in [0.5, 0.6) is 11.5 Å². The Balaban J connectivity index is 0.00000144. The van der Waals surface area contributed by atoms with Crippen LogP contribution in [0.4, 0.5) is 5.69 Å². The predicted molar refractivity (Wildman–Crippen MR) is 95.8 cm³/mol. The largest absolute Gasteiger partial charge is 0.454 e. The van der Waals surface area contributed by atoms with E-state index >= 15 is 0 Å². The van der Waals surface area contributed by atoms with Crippen LogP contribution >= 0.6 is 24.8 Å². The van der Waals surface area contributed by atoms with Gasteiger partial charge in [-0.1, -0.05) is 13.3 Å². The quantitative estimate of drug-likeness (QED) is 0.625. The van der Waals surface area contributed by atoms with Gasteiger partial charge in [0.1, 0.15) is 0 Å². The molecule has 0 saturated carbocycles. The van der Waals surface area contributed by atoms with Crippen LogP contribution in [-0.4, -0.2) is 42.8 Å². The molecule has 136 valence electrons. The molecule has 24 heavy (non-hydrogen) atoms. The number of halogens is 2. The maximum Gasteiger partial charge on any atom is 0.278 e. The fourth-order valence-corrected chi connectivity index (χ4v) is 3.17. The van der Waals surface area contributed by atoms with Gasteiger partial charge in [0, 0.05) is 32.2 Å². The lowest BCUT2D eigenvalue weighted by Gasteiger charge is -2.35. The number of hydrogen-bond donors (Lipinski definition) is 1. The van der Waals surface area contributed by atoms with Gasteiger partial charge in [-0.05, 0) is 12.5 Å². The number of nitro benzene ring substituents is 1. The Bertz CT molecular complexity index is 568. The second-order valence-electron chi connectivity index (χ2n) is 5.61. The molecule has 1 aromatic carbocycles. The van der Waals surface area contributed by atoms with Crippen molar-refractivity contribution in [2.75, 3.05) is 33.0 Å². The number of hydrogen-bond acceptors (Lipinski definition) is 6. The molecular formula is C15H23Cl2N3O4. The van der Waals surface area contributed by atoms with Crippen molar-refractivity contribution in [3.05, 3.63) is 27.8 Å². The third-order valence-corrected chi connectivity index (χ3v) is 4.23. The monoisotopic (exact) mass is 379 g/mol. The summed E-state index contributed by atoms with van der Waals surface area (Å²) in [5, 5.41) is 14.8. The molecule has 0 amide bonds. The summed E-state index contributed by atoms with van der Waals surface area (Å²) < 4.78 is 10.7. The molecule has 3 rings (SSSR count). The maximum atomic E-state index is 11.5. The third-order valence-electron chi connectivity index (χ3n) is 4.23. The van der Waals surface area contributed by atoms with Gasteiger partial charge in [0.2, 0.25) is 6.79 Å². The zero-order valence-electron chi connectivity index (χ0n) is 13.5. The molecule has 1 saturated heterocycles. The van der Waals surface area contributed by atoms with Gasteiger partial charge in [0.05, 0.1) is 16.6 Å². The molecule has 7 nitrogen and oxygen atoms in total. The van der Waals surface area contributed by atoms with Crippen LogP contribution in [0.3, 0.4) is 0 Å². The van der Waals surface area contributed by atoms with Gasteiger partial charge in [-0.15, -0.1) is 24.8 Å². The number of piperazine rings is 1. The molecule has 0 spiro atoms. The van der Waals surface area contributed by atoms with Gasteiger partial charge in [-0.25, -0.2) is 0 Å². The Labute approximate surface area is 153 Å². The van der Waals surface area contributed by atoms with Crippen molar-refractivity contribution in [2.24, 2.45) is 0 Å². The van der Waals surface area contributed by atoms with E-state index in [1.165, 1.54) is 6.07 Å².